The highest BCUT2D eigenvalue weighted by atomic mass is 31.1. The SMILES string of the molecule is CC[NH+](CC)CC.COc1ccc(C(OC[C@H]2O[C@@H](n3ccc(NC(=O)c4cccnc4)nc3=O)C[C@@H]2O[P+](=O)[O-])(c2ccccc2)c2ccc(OC)cc2)cc1. The maximum Gasteiger partial charge on any atom is 0.488 e. The Morgan fingerprint density at radius 1 is 0.895 bits per heavy atom. The number of quaternary nitrogens is 1. The summed E-state index contributed by atoms with van der Waals surface area (Å²) in [4.78, 5) is 47.1. The first kappa shape index (κ1) is 42.8. The molecule has 6 rings (SSSR count). The Morgan fingerprint density at radius 3 is 1.98 bits per heavy atom. The van der Waals surface area contributed by atoms with E-state index in [0.29, 0.717) is 17.1 Å². The molecule has 300 valence electrons. The third kappa shape index (κ3) is 10.7. The minimum absolute atomic E-state index is 0.00370. The Balaban J connectivity index is 0.000000811. The number of methoxy groups -OCH3 is 2. The summed E-state index contributed by atoms with van der Waals surface area (Å²) in [5.41, 5.74) is 0.685. The van der Waals surface area contributed by atoms with Gasteiger partial charge in [-0.25, -0.2) is 4.79 Å². The zero-order valence-corrected chi connectivity index (χ0v) is 33.6. The highest BCUT2D eigenvalue weighted by Gasteiger charge is 2.45. The van der Waals surface area contributed by atoms with E-state index in [1.165, 1.54) is 48.9 Å². The zero-order valence-electron chi connectivity index (χ0n) is 32.7. The Labute approximate surface area is 333 Å². The molecule has 15 heteroatoms. The molecule has 0 spiro atoms. The van der Waals surface area contributed by atoms with E-state index < -0.39 is 43.9 Å². The fourth-order valence-corrected chi connectivity index (χ4v) is 7.10. The van der Waals surface area contributed by atoms with Crippen molar-refractivity contribution in [3.63, 3.8) is 0 Å². The molecule has 5 aromatic rings. The Hall–Kier alpha value is -5.34. The number of carbonyl (C=O) groups is 1. The van der Waals surface area contributed by atoms with Crippen molar-refractivity contribution in [2.45, 2.75) is 51.2 Å². The standard InChI is InChI=1S/C36H33N4O9P.C6H15N/c1-45-28-14-10-26(11-15-28)36(25-8-4-3-5-9-25,27-12-16-29(46-2)17-13-27)47-23-31-30(49-50(43)44)21-33(48-31)40-20-18-32(39-35(40)42)38-34(41)24-7-6-19-37-22-24;1-4-7(5-2)6-3/h3-20,22,30-31,33H,21,23H2,1-2H3,(H,38,39,41,42);4-6H2,1-3H3/p+1/t30-,31+,33+;/m0./s1. The molecule has 1 aliphatic heterocycles. The number of aromatic nitrogens is 3. The van der Waals surface area contributed by atoms with Gasteiger partial charge in [0.05, 0.1) is 46.0 Å². The average Bonchev–Trinajstić information content (AvgIpc) is 3.64. The number of anilines is 1. The number of hydrogen-bond donors (Lipinski definition) is 2. The molecule has 2 aromatic heterocycles. The summed E-state index contributed by atoms with van der Waals surface area (Å²) in [7, 11) is -0.103. The second-order valence-corrected chi connectivity index (χ2v) is 13.7. The lowest BCUT2D eigenvalue weighted by molar-refractivity contribution is -0.894. The van der Waals surface area contributed by atoms with Gasteiger partial charge >= 0.3 is 13.9 Å². The first-order chi connectivity index (χ1) is 27.6. The van der Waals surface area contributed by atoms with Crippen LogP contribution < -0.4 is 30.3 Å². The lowest BCUT2D eigenvalue weighted by Crippen LogP contribution is -3.11. The van der Waals surface area contributed by atoms with Gasteiger partial charge in [0.2, 0.25) is 0 Å². The fraction of sp³-hybridized carbons (Fsp3) is 0.333. The average molecular weight is 799 g/mol. The molecular formula is C42H49N5O9P+. The normalized spacial score (nSPS) is 16.7. The van der Waals surface area contributed by atoms with Gasteiger partial charge in [-0.3, -0.25) is 14.3 Å². The van der Waals surface area contributed by atoms with Crippen LogP contribution in [0.5, 0.6) is 11.5 Å². The molecule has 2 N–H and O–H groups in total. The zero-order chi connectivity index (χ0) is 40.8. The van der Waals surface area contributed by atoms with Gasteiger partial charge in [-0.2, -0.15) is 4.98 Å². The number of nitrogens with zero attached hydrogens (tertiary/aromatic N) is 3. The largest absolute Gasteiger partial charge is 0.566 e. The van der Waals surface area contributed by atoms with Crippen LogP contribution in [-0.4, -0.2) is 73.1 Å². The number of rotatable bonds is 16. The van der Waals surface area contributed by atoms with E-state index in [4.69, 9.17) is 23.5 Å². The van der Waals surface area contributed by atoms with Crippen molar-refractivity contribution in [1.29, 1.82) is 0 Å². The number of amides is 1. The lowest BCUT2D eigenvalue weighted by atomic mass is 9.80. The summed E-state index contributed by atoms with van der Waals surface area (Å²) in [6, 6.07) is 29.1. The van der Waals surface area contributed by atoms with E-state index in [0.717, 1.165) is 16.7 Å². The quantitative estimate of drug-likeness (QED) is 0.106. The van der Waals surface area contributed by atoms with E-state index in [1.54, 1.807) is 31.3 Å². The molecule has 3 heterocycles. The molecule has 0 radical (unpaired) electrons. The van der Waals surface area contributed by atoms with Gasteiger partial charge in [0, 0.05) is 25.0 Å². The molecule has 0 aliphatic carbocycles. The molecule has 0 bridgehead atoms. The van der Waals surface area contributed by atoms with Gasteiger partial charge in [0.1, 0.15) is 41.4 Å². The van der Waals surface area contributed by atoms with E-state index in [9.17, 15) is 19.0 Å². The molecule has 3 aromatic carbocycles. The summed E-state index contributed by atoms with van der Waals surface area (Å²) >= 11 is 0. The minimum atomic E-state index is -3.27. The second-order valence-electron chi connectivity index (χ2n) is 13.1. The van der Waals surface area contributed by atoms with E-state index in [-0.39, 0.29) is 18.8 Å². The molecule has 14 nitrogen and oxygen atoms in total. The number of pyridine rings is 1. The van der Waals surface area contributed by atoms with Crippen molar-refractivity contribution >= 4 is 20.0 Å². The van der Waals surface area contributed by atoms with Crippen molar-refractivity contribution < 1.29 is 42.6 Å². The Bertz CT molecular complexity index is 2030. The second kappa shape index (κ2) is 20.7. The van der Waals surface area contributed by atoms with Gasteiger partial charge in [-0.15, -0.1) is 4.52 Å². The molecule has 0 saturated carbocycles. The summed E-state index contributed by atoms with van der Waals surface area (Å²) in [6.07, 6.45) is 1.49. The van der Waals surface area contributed by atoms with Crippen molar-refractivity contribution in [3.05, 3.63) is 148 Å². The summed E-state index contributed by atoms with van der Waals surface area (Å²) < 4.78 is 42.4. The molecule has 57 heavy (non-hydrogen) atoms. The Kier molecular flexibility index (Phi) is 15.6. The number of hydrogen-bond acceptors (Lipinski definition) is 11. The number of benzene rings is 3. The number of carbonyl (C=O) groups excluding carboxylic acids is 1. The molecule has 1 aliphatic rings. The molecule has 4 atom stereocenters. The summed E-state index contributed by atoms with van der Waals surface area (Å²) in [6.45, 7) is 10.3. The molecule has 1 saturated heterocycles. The van der Waals surface area contributed by atoms with Crippen molar-refractivity contribution in [3.8, 4) is 11.5 Å². The third-order valence-corrected chi connectivity index (χ3v) is 10.3. The van der Waals surface area contributed by atoms with Crippen molar-refractivity contribution in [2.75, 3.05) is 45.8 Å². The van der Waals surface area contributed by atoms with Gasteiger partial charge in [-0.1, -0.05) is 54.6 Å². The number of nitrogens with one attached hydrogen (secondary N) is 2. The van der Waals surface area contributed by atoms with Gasteiger partial charge in [0.25, 0.3) is 5.91 Å². The van der Waals surface area contributed by atoms with Crippen LogP contribution in [0.2, 0.25) is 0 Å². The van der Waals surface area contributed by atoms with E-state index in [1.807, 2.05) is 78.9 Å². The highest BCUT2D eigenvalue weighted by Crippen LogP contribution is 2.43. The van der Waals surface area contributed by atoms with Gasteiger partial charge < -0.3 is 34.1 Å². The predicted octanol–water partition coefficient (Wildman–Crippen LogP) is 4.54. The maximum absolute atomic E-state index is 13.2. The molecule has 1 amide bonds. The monoisotopic (exact) mass is 798 g/mol. The summed E-state index contributed by atoms with van der Waals surface area (Å²) in [5, 5.41) is 2.57. The Morgan fingerprint density at radius 2 is 1.49 bits per heavy atom. The van der Waals surface area contributed by atoms with Crippen LogP contribution in [0.3, 0.4) is 0 Å². The molecule has 1 unspecified atom stereocenters. The predicted molar refractivity (Wildman–Crippen MR) is 213 cm³/mol. The van der Waals surface area contributed by atoms with Crippen molar-refractivity contribution in [1.82, 2.24) is 14.5 Å². The van der Waals surface area contributed by atoms with Crippen LogP contribution in [0, 0.1) is 0 Å². The summed E-state index contributed by atoms with van der Waals surface area (Å²) in [5.74, 6) is 0.851. The van der Waals surface area contributed by atoms with E-state index >= 15 is 0 Å². The number of ether oxygens (including phenoxy) is 4. The van der Waals surface area contributed by atoms with Gasteiger partial charge in [-0.05, 0) is 84.5 Å². The molecule has 1 fully saturated rings. The first-order valence-corrected chi connectivity index (χ1v) is 19.8. The van der Waals surface area contributed by atoms with E-state index in [2.05, 4.69) is 36.1 Å². The van der Waals surface area contributed by atoms with Crippen molar-refractivity contribution in [2.24, 2.45) is 0 Å². The smallest absolute Gasteiger partial charge is 0.488 e. The van der Waals surface area contributed by atoms with Crippen LogP contribution in [-0.2, 0) is 24.2 Å². The van der Waals surface area contributed by atoms with Crippen LogP contribution in [0.1, 0.15) is 60.5 Å². The third-order valence-electron chi connectivity index (χ3n) is 9.85. The topological polar surface area (TPSA) is 168 Å². The van der Waals surface area contributed by atoms with Crippen LogP contribution in [0.25, 0.3) is 0 Å². The first-order valence-electron chi connectivity index (χ1n) is 18.7. The molecular weight excluding hydrogens is 749 g/mol. The minimum Gasteiger partial charge on any atom is -0.566 e. The maximum atomic E-state index is 13.2. The van der Waals surface area contributed by atoms with Crippen LogP contribution in [0.4, 0.5) is 5.82 Å². The van der Waals surface area contributed by atoms with Gasteiger partial charge in [0.15, 0.2) is 0 Å². The van der Waals surface area contributed by atoms with Crippen LogP contribution in [0.15, 0.2) is 120 Å². The lowest BCUT2D eigenvalue weighted by Gasteiger charge is -2.37. The highest BCUT2D eigenvalue weighted by molar-refractivity contribution is 7.30. The van der Waals surface area contributed by atoms with Crippen LogP contribution >= 0.6 is 8.25 Å². The fourth-order valence-electron chi connectivity index (χ4n) is 6.66.